The third-order valence-corrected chi connectivity index (χ3v) is 4.59. The maximum absolute atomic E-state index is 12.8. The first-order chi connectivity index (χ1) is 9.00. The molecule has 2 saturated carbocycles. The molecule has 0 bridgehead atoms. The van der Waals surface area contributed by atoms with Crippen LogP contribution in [-0.2, 0) is 4.74 Å². The summed E-state index contributed by atoms with van der Waals surface area (Å²) >= 11 is 0. The van der Waals surface area contributed by atoms with Gasteiger partial charge in [-0.1, -0.05) is 19.3 Å². The van der Waals surface area contributed by atoms with Gasteiger partial charge in [-0.15, -0.1) is 0 Å². The van der Waals surface area contributed by atoms with E-state index < -0.39 is 12.1 Å². The molecular formula is C14H24F3NO. The maximum Gasteiger partial charge on any atom is 0.391 e. The van der Waals surface area contributed by atoms with Gasteiger partial charge < -0.3 is 10.1 Å². The molecule has 2 aliphatic carbocycles. The second-order valence-corrected chi connectivity index (χ2v) is 5.93. The Kier molecular flexibility index (Phi) is 5.12. The summed E-state index contributed by atoms with van der Waals surface area (Å²) in [7, 11) is 1.70. The van der Waals surface area contributed by atoms with Crippen molar-refractivity contribution in [2.24, 2.45) is 5.92 Å². The van der Waals surface area contributed by atoms with Crippen molar-refractivity contribution in [3.05, 3.63) is 0 Å². The average Bonchev–Trinajstić information content (AvgIpc) is 2.39. The van der Waals surface area contributed by atoms with Crippen molar-refractivity contribution in [1.29, 1.82) is 0 Å². The van der Waals surface area contributed by atoms with Crippen LogP contribution in [0.5, 0.6) is 0 Å². The number of hydrogen-bond donors (Lipinski definition) is 1. The molecule has 2 rings (SSSR count). The quantitative estimate of drug-likeness (QED) is 0.851. The Morgan fingerprint density at radius 2 is 1.74 bits per heavy atom. The molecule has 112 valence electrons. The van der Waals surface area contributed by atoms with Crippen LogP contribution in [-0.4, -0.2) is 31.5 Å². The number of rotatable bonds is 3. The second kappa shape index (κ2) is 6.44. The number of halogens is 3. The molecule has 0 amide bonds. The zero-order valence-electron chi connectivity index (χ0n) is 11.5. The van der Waals surface area contributed by atoms with Gasteiger partial charge in [0.25, 0.3) is 0 Å². The minimum atomic E-state index is -4.03. The molecule has 0 radical (unpaired) electrons. The van der Waals surface area contributed by atoms with Crippen LogP contribution in [0.1, 0.15) is 51.4 Å². The number of hydrogen-bond acceptors (Lipinski definition) is 2. The predicted octanol–water partition coefficient (Wildman–Crippen LogP) is 3.65. The van der Waals surface area contributed by atoms with E-state index in [0.29, 0.717) is 12.8 Å². The third-order valence-electron chi connectivity index (χ3n) is 4.59. The highest BCUT2D eigenvalue weighted by Gasteiger charge is 2.42. The van der Waals surface area contributed by atoms with Crippen LogP contribution in [0.3, 0.4) is 0 Å². The molecule has 0 saturated heterocycles. The lowest BCUT2D eigenvalue weighted by atomic mass is 9.83. The van der Waals surface area contributed by atoms with E-state index in [0.717, 1.165) is 32.1 Å². The van der Waals surface area contributed by atoms with Gasteiger partial charge in [-0.3, -0.25) is 0 Å². The molecular weight excluding hydrogens is 255 g/mol. The second-order valence-electron chi connectivity index (χ2n) is 5.93. The fourth-order valence-electron chi connectivity index (χ4n) is 3.51. The highest BCUT2D eigenvalue weighted by atomic mass is 19.4. The van der Waals surface area contributed by atoms with Gasteiger partial charge in [0.2, 0.25) is 0 Å². The topological polar surface area (TPSA) is 21.3 Å². The SMILES string of the molecule is COC1CCCCC1NC1CCCC(C(F)(F)F)C1. The van der Waals surface area contributed by atoms with E-state index in [4.69, 9.17) is 4.74 Å². The number of ether oxygens (including phenoxy) is 1. The first-order valence-electron chi connectivity index (χ1n) is 7.36. The van der Waals surface area contributed by atoms with Crippen LogP contribution in [0.2, 0.25) is 0 Å². The molecule has 19 heavy (non-hydrogen) atoms. The van der Waals surface area contributed by atoms with Gasteiger partial charge in [0.15, 0.2) is 0 Å². The zero-order valence-corrected chi connectivity index (χ0v) is 11.5. The van der Waals surface area contributed by atoms with E-state index in [-0.39, 0.29) is 24.6 Å². The fraction of sp³-hybridized carbons (Fsp3) is 1.00. The normalized spacial score (nSPS) is 37.3. The molecule has 0 aromatic rings. The van der Waals surface area contributed by atoms with Gasteiger partial charge in [-0.05, 0) is 32.1 Å². The van der Waals surface area contributed by atoms with Gasteiger partial charge >= 0.3 is 6.18 Å². The smallest absolute Gasteiger partial charge is 0.380 e. The number of nitrogens with one attached hydrogen (secondary N) is 1. The summed E-state index contributed by atoms with van der Waals surface area (Å²) in [5.41, 5.74) is 0. The Bertz CT molecular complexity index is 282. The van der Waals surface area contributed by atoms with E-state index >= 15 is 0 Å². The van der Waals surface area contributed by atoms with Crippen LogP contribution in [0, 0.1) is 5.92 Å². The van der Waals surface area contributed by atoms with Crippen molar-refractivity contribution in [1.82, 2.24) is 5.32 Å². The molecule has 0 aliphatic heterocycles. The van der Waals surface area contributed by atoms with Crippen molar-refractivity contribution in [2.45, 2.75) is 75.7 Å². The molecule has 2 nitrogen and oxygen atoms in total. The number of methoxy groups -OCH3 is 1. The first kappa shape index (κ1) is 15.1. The molecule has 0 aromatic heterocycles. The highest BCUT2D eigenvalue weighted by Crippen LogP contribution is 2.38. The van der Waals surface area contributed by atoms with Gasteiger partial charge in [-0.2, -0.15) is 13.2 Å². The minimum Gasteiger partial charge on any atom is -0.380 e. The molecule has 0 aromatic carbocycles. The molecule has 4 unspecified atom stereocenters. The highest BCUT2D eigenvalue weighted by molar-refractivity contribution is 4.88. The molecule has 1 N–H and O–H groups in total. The van der Waals surface area contributed by atoms with Gasteiger partial charge in [0, 0.05) is 19.2 Å². The van der Waals surface area contributed by atoms with E-state index in [1.807, 2.05) is 0 Å². The molecule has 0 spiro atoms. The third kappa shape index (κ3) is 4.09. The lowest BCUT2D eigenvalue weighted by molar-refractivity contribution is -0.184. The predicted molar refractivity (Wildman–Crippen MR) is 68.0 cm³/mol. The van der Waals surface area contributed by atoms with Crippen LogP contribution in [0.15, 0.2) is 0 Å². The Hall–Kier alpha value is -0.290. The van der Waals surface area contributed by atoms with E-state index in [1.54, 1.807) is 7.11 Å². The Labute approximate surface area is 113 Å². The number of alkyl halides is 3. The van der Waals surface area contributed by atoms with Crippen LogP contribution >= 0.6 is 0 Å². The van der Waals surface area contributed by atoms with Crippen molar-refractivity contribution in [2.75, 3.05) is 7.11 Å². The standard InChI is InChI=1S/C14H24F3NO/c1-19-13-8-3-2-7-12(13)18-11-6-4-5-10(9-11)14(15,16)17/h10-13,18H,2-9H2,1H3. The van der Waals surface area contributed by atoms with Crippen LogP contribution in [0.25, 0.3) is 0 Å². The van der Waals surface area contributed by atoms with E-state index in [2.05, 4.69) is 5.32 Å². The van der Waals surface area contributed by atoms with Crippen molar-refractivity contribution in [3.63, 3.8) is 0 Å². The van der Waals surface area contributed by atoms with E-state index in [1.165, 1.54) is 0 Å². The van der Waals surface area contributed by atoms with Crippen molar-refractivity contribution in [3.8, 4) is 0 Å². The monoisotopic (exact) mass is 279 g/mol. The lowest BCUT2D eigenvalue weighted by Gasteiger charge is -2.37. The summed E-state index contributed by atoms with van der Waals surface area (Å²) in [5.74, 6) is -1.12. The van der Waals surface area contributed by atoms with E-state index in [9.17, 15) is 13.2 Å². The summed E-state index contributed by atoms with van der Waals surface area (Å²) in [6.07, 6.45) is 2.53. The van der Waals surface area contributed by atoms with Gasteiger partial charge in [-0.25, -0.2) is 0 Å². The summed E-state index contributed by atoms with van der Waals surface area (Å²) < 4.78 is 43.8. The summed E-state index contributed by atoms with van der Waals surface area (Å²) in [4.78, 5) is 0. The summed E-state index contributed by atoms with van der Waals surface area (Å²) in [6.45, 7) is 0. The fourth-order valence-corrected chi connectivity index (χ4v) is 3.51. The Balaban J connectivity index is 1.87. The largest absolute Gasteiger partial charge is 0.391 e. The molecule has 5 heteroatoms. The first-order valence-corrected chi connectivity index (χ1v) is 7.36. The van der Waals surface area contributed by atoms with Gasteiger partial charge in [0.05, 0.1) is 12.0 Å². The van der Waals surface area contributed by atoms with Crippen molar-refractivity contribution < 1.29 is 17.9 Å². The van der Waals surface area contributed by atoms with Crippen LogP contribution < -0.4 is 5.32 Å². The minimum absolute atomic E-state index is 0.00104. The zero-order chi connectivity index (χ0) is 13.9. The Morgan fingerprint density at radius 1 is 1.00 bits per heavy atom. The Morgan fingerprint density at radius 3 is 2.42 bits per heavy atom. The summed E-state index contributed by atoms with van der Waals surface area (Å²) in [6, 6.07) is 0.233. The molecule has 4 atom stereocenters. The molecule has 0 heterocycles. The van der Waals surface area contributed by atoms with Gasteiger partial charge in [0.1, 0.15) is 0 Å². The summed E-state index contributed by atoms with van der Waals surface area (Å²) in [5, 5.41) is 3.44. The van der Waals surface area contributed by atoms with Crippen molar-refractivity contribution >= 4 is 0 Å². The maximum atomic E-state index is 12.8. The average molecular weight is 279 g/mol. The van der Waals surface area contributed by atoms with Crippen LogP contribution in [0.4, 0.5) is 13.2 Å². The molecule has 2 fully saturated rings. The lowest BCUT2D eigenvalue weighted by Crippen LogP contribution is -2.50. The molecule has 2 aliphatic rings.